The Hall–Kier alpha value is -0.710. The molecule has 0 heterocycles. The molecule has 1 fully saturated rings. The van der Waals surface area contributed by atoms with Gasteiger partial charge in [0.15, 0.2) is 0 Å². The van der Waals surface area contributed by atoms with Gasteiger partial charge in [-0.1, -0.05) is 0 Å². The molecule has 86 valence electrons. The van der Waals surface area contributed by atoms with Crippen LogP contribution in [-0.4, -0.2) is 35.0 Å². The van der Waals surface area contributed by atoms with Crippen molar-refractivity contribution in [3.8, 4) is 0 Å². The van der Waals surface area contributed by atoms with Crippen molar-refractivity contribution in [3.63, 3.8) is 0 Å². The molecule has 0 aromatic heterocycles. The van der Waals surface area contributed by atoms with Crippen LogP contribution in [-0.2, 0) is 9.59 Å². The lowest BCUT2D eigenvalue weighted by Gasteiger charge is -2.13. The van der Waals surface area contributed by atoms with Crippen LogP contribution in [0.15, 0.2) is 0 Å². The molecular formula is C10H17NO3S. The van der Waals surface area contributed by atoms with Crippen LogP contribution in [0.2, 0.25) is 0 Å². The molecule has 0 saturated heterocycles. The minimum Gasteiger partial charge on any atom is -0.480 e. The first kappa shape index (κ1) is 12.4. The first-order valence-corrected chi connectivity index (χ1v) is 6.55. The summed E-state index contributed by atoms with van der Waals surface area (Å²) in [6, 6.07) is -0.660. The van der Waals surface area contributed by atoms with Gasteiger partial charge >= 0.3 is 5.97 Å². The summed E-state index contributed by atoms with van der Waals surface area (Å²) in [5.74, 6) is 0.0558. The van der Waals surface area contributed by atoms with Crippen molar-refractivity contribution in [3.05, 3.63) is 0 Å². The third-order valence-corrected chi connectivity index (χ3v) is 3.13. The van der Waals surface area contributed by atoms with Crippen molar-refractivity contribution in [2.75, 3.05) is 12.0 Å². The Morgan fingerprint density at radius 1 is 1.53 bits per heavy atom. The van der Waals surface area contributed by atoms with Crippen LogP contribution in [0.3, 0.4) is 0 Å². The number of thioether (sulfide) groups is 1. The van der Waals surface area contributed by atoms with E-state index in [0.29, 0.717) is 6.42 Å². The fourth-order valence-electron chi connectivity index (χ4n) is 1.43. The number of amides is 1. The van der Waals surface area contributed by atoms with E-state index in [1.165, 1.54) is 0 Å². The smallest absolute Gasteiger partial charge is 0.326 e. The molecule has 1 aliphatic rings. The third-order valence-electron chi connectivity index (χ3n) is 2.43. The molecule has 1 amide bonds. The zero-order chi connectivity index (χ0) is 11.3. The van der Waals surface area contributed by atoms with Crippen LogP contribution in [0.1, 0.15) is 25.7 Å². The lowest BCUT2D eigenvalue weighted by Crippen LogP contribution is -2.42. The van der Waals surface area contributed by atoms with E-state index >= 15 is 0 Å². The number of carbonyl (C=O) groups is 2. The van der Waals surface area contributed by atoms with Gasteiger partial charge in [-0.05, 0) is 37.2 Å². The van der Waals surface area contributed by atoms with Crippen molar-refractivity contribution in [1.29, 1.82) is 0 Å². The second-order valence-corrected chi connectivity index (χ2v) is 4.80. The molecular weight excluding hydrogens is 214 g/mol. The average Bonchev–Trinajstić information content (AvgIpc) is 2.97. The van der Waals surface area contributed by atoms with Crippen molar-refractivity contribution >= 4 is 23.6 Å². The third kappa shape index (κ3) is 4.55. The SMILES string of the molecule is CSCCCC(=O)NC(C(=O)O)C1CC1. The second-order valence-electron chi connectivity index (χ2n) is 3.82. The fourth-order valence-corrected chi connectivity index (χ4v) is 1.87. The molecule has 0 aromatic carbocycles. The summed E-state index contributed by atoms with van der Waals surface area (Å²) < 4.78 is 0. The standard InChI is InChI=1S/C10H17NO3S/c1-15-6-2-3-8(12)11-9(10(13)14)7-4-5-7/h7,9H,2-6H2,1H3,(H,11,12)(H,13,14). The molecule has 1 aliphatic carbocycles. The first-order valence-electron chi connectivity index (χ1n) is 5.16. The van der Waals surface area contributed by atoms with E-state index in [4.69, 9.17) is 5.11 Å². The Balaban J connectivity index is 2.24. The van der Waals surface area contributed by atoms with Crippen molar-refractivity contribution in [2.24, 2.45) is 5.92 Å². The summed E-state index contributed by atoms with van der Waals surface area (Å²) >= 11 is 1.69. The van der Waals surface area contributed by atoms with Gasteiger partial charge in [0, 0.05) is 6.42 Å². The lowest BCUT2D eigenvalue weighted by molar-refractivity contribution is -0.142. The molecule has 2 N–H and O–H groups in total. The van der Waals surface area contributed by atoms with Gasteiger partial charge in [0.05, 0.1) is 0 Å². The quantitative estimate of drug-likeness (QED) is 0.644. The Bertz CT molecular complexity index is 241. The monoisotopic (exact) mass is 231 g/mol. The van der Waals surface area contributed by atoms with Gasteiger partial charge in [-0.2, -0.15) is 11.8 Å². The fraction of sp³-hybridized carbons (Fsp3) is 0.800. The highest BCUT2D eigenvalue weighted by atomic mass is 32.2. The molecule has 1 saturated carbocycles. The Morgan fingerprint density at radius 2 is 2.20 bits per heavy atom. The summed E-state index contributed by atoms with van der Waals surface area (Å²) in [5, 5.41) is 11.5. The predicted molar refractivity (Wildman–Crippen MR) is 59.9 cm³/mol. The molecule has 0 aliphatic heterocycles. The topological polar surface area (TPSA) is 66.4 Å². The molecule has 15 heavy (non-hydrogen) atoms. The van der Waals surface area contributed by atoms with Crippen LogP contribution in [0.25, 0.3) is 0 Å². The van der Waals surface area contributed by atoms with E-state index in [2.05, 4.69) is 5.32 Å². The largest absolute Gasteiger partial charge is 0.480 e. The molecule has 0 bridgehead atoms. The molecule has 1 unspecified atom stereocenters. The van der Waals surface area contributed by atoms with Crippen LogP contribution in [0.5, 0.6) is 0 Å². The van der Waals surface area contributed by atoms with Gasteiger partial charge in [0.1, 0.15) is 6.04 Å². The van der Waals surface area contributed by atoms with Crippen LogP contribution in [0, 0.1) is 5.92 Å². The molecule has 1 rings (SSSR count). The maximum Gasteiger partial charge on any atom is 0.326 e. The molecule has 5 heteroatoms. The van der Waals surface area contributed by atoms with Crippen molar-refractivity contribution in [2.45, 2.75) is 31.7 Å². The Labute approximate surface area is 93.8 Å². The normalized spacial score (nSPS) is 17.1. The van der Waals surface area contributed by atoms with Gasteiger partial charge in [0.2, 0.25) is 5.91 Å². The molecule has 1 atom stereocenters. The summed E-state index contributed by atoms with van der Waals surface area (Å²) in [7, 11) is 0. The summed E-state index contributed by atoms with van der Waals surface area (Å²) in [6.07, 6.45) is 5.06. The molecule has 4 nitrogen and oxygen atoms in total. The van der Waals surface area contributed by atoms with Crippen molar-refractivity contribution in [1.82, 2.24) is 5.32 Å². The van der Waals surface area contributed by atoms with Crippen LogP contribution >= 0.6 is 11.8 Å². The summed E-state index contributed by atoms with van der Waals surface area (Å²) in [6.45, 7) is 0. The number of hydrogen-bond donors (Lipinski definition) is 2. The Morgan fingerprint density at radius 3 is 2.67 bits per heavy atom. The van der Waals surface area contributed by atoms with E-state index in [1.807, 2.05) is 6.26 Å². The number of carbonyl (C=O) groups excluding carboxylic acids is 1. The zero-order valence-electron chi connectivity index (χ0n) is 8.86. The highest BCUT2D eigenvalue weighted by Gasteiger charge is 2.36. The number of hydrogen-bond acceptors (Lipinski definition) is 3. The maximum absolute atomic E-state index is 11.4. The van der Waals surface area contributed by atoms with E-state index in [1.54, 1.807) is 11.8 Å². The van der Waals surface area contributed by atoms with Gasteiger partial charge in [0.25, 0.3) is 0 Å². The number of carboxylic acid groups (broad SMARTS) is 1. The van der Waals surface area contributed by atoms with E-state index < -0.39 is 12.0 Å². The number of nitrogens with one attached hydrogen (secondary N) is 1. The maximum atomic E-state index is 11.4. The number of aliphatic carboxylic acids is 1. The zero-order valence-corrected chi connectivity index (χ0v) is 9.68. The highest BCUT2D eigenvalue weighted by Crippen LogP contribution is 2.32. The number of rotatable bonds is 7. The Kier molecular flexibility index (Phi) is 4.94. The minimum absolute atomic E-state index is 0.136. The summed E-state index contributed by atoms with van der Waals surface area (Å²) in [4.78, 5) is 22.2. The second kappa shape index (κ2) is 6.00. The van der Waals surface area contributed by atoms with Crippen LogP contribution < -0.4 is 5.32 Å². The first-order chi connectivity index (χ1) is 7.15. The van der Waals surface area contributed by atoms with Gasteiger partial charge in [-0.15, -0.1) is 0 Å². The van der Waals surface area contributed by atoms with Crippen molar-refractivity contribution < 1.29 is 14.7 Å². The minimum atomic E-state index is -0.907. The summed E-state index contributed by atoms with van der Waals surface area (Å²) in [5.41, 5.74) is 0. The number of carboxylic acids is 1. The molecule has 0 spiro atoms. The van der Waals surface area contributed by atoms with E-state index in [9.17, 15) is 9.59 Å². The lowest BCUT2D eigenvalue weighted by atomic mass is 10.2. The van der Waals surface area contributed by atoms with E-state index in [-0.39, 0.29) is 11.8 Å². The molecule has 0 radical (unpaired) electrons. The van der Waals surface area contributed by atoms with Gasteiger partial charge < -0.3 is 10.4 Å². The predicted octanol–water partition coefficient (Wildman–Crippen LogP) is 1.11. The van der Waals surface area contributed by atoms with Crippen LogP contribution in [0.4, 0.5) is 0 Å². The van der Waals surface area contributed by atoms with E-state index in [0.717, 1.165) is 25.0 Å². The van der Waals surface area contributed by atoms with Gasteiger partial charge in [-0.25, -0.2) is 4.79 Å². The molecule has 0 aromatic rings. The average molecular weight is 231 g/mol. The van der Waals surface area contributed by atoms with Gasteiger partial charge in [-0.3, -0.25) is 4.79 Å². The highest BCUT2D eigenvalue weighted by molar-refractivity contribution is 7.98.